The first-order valence-corrected chi connectivity index (χ1v) is 14.4. The molecule has 1 unspecified atom stereocenters. The summed E-state index contributed by atoms with van der Waals surface area (Å²) >= 11 is 0. The second-order valence-corrected chi connectivity index (χ2v) is 11.8. The number of hydrogen-bond acceptors (Lipinski definition) is 8. The maximum absolute atomic E-state index is 13.0. The van der Waals surface area contributed by atoms with Crippen molar-refractivity contribution in [1.82, 2.24) is 10.2 Å². The van der Waals surface area contributed by atoms with Gasteiger partial charge in [-0.05, 0) is 36.6 Å². The summed E-state index contributed by atoms with van der Waals surface area (Å²) in [5, 5.41) is 15.9. The summed E-state index contributed by atoms with van der Waals surface area (Å²) in [6.07, 6.45) is 4.20. The van der Waals surface area contributed by atoms with Crippen molar-refractivity contribution < 1.29 is 28.9 Å². The summed E-state index contributed by atoms with van der Waals surface area (Å²) in [5.74, 6) is 0.261. The molecule has 0 aromatic heterocycles. The number of benzene rings is 2. The van der Waals surface area contributed by atoms with Gasteiger partial charge >= 0.3 is 12.1 Å². The predicted molar refractivity (Wildman–Crippen MR) is 154 cm³/mol. The summed E-state index contributed by atoms with van der Waals surface area (Å²) in [5.41, 5.74) is 0.189. The zero-order valence-corrected chi connectivity index (χ0v) is 24.1. The Kier molecular flexibility index (Phi) is 6.77. The number of esters is 1. The molecule has 1 aliphatic carbocycles. The van der Waals surface area contributed by atoms with Crippen molar-refractivity contribution in [2.75, 3.05) is 38.7 Å². The minimum absolute atomic E-state index is 0.0123. The molecule has 2 aromatic rings. The number of aliphatic hydroxyl groups is 1. The topological polar surface area (TPSA) is 101 Å². The highest BCUT2D eigenvalue weighted by molar-refractivity contribution is 5.72. The number of carbonyl (C=O) groups is 2. The van der Waals surface area contributed by atoms with E-state index in [0.29, 0.717) is 6.42 Å². The average Bonchev–Trinajstić information content (AvgIpc) is 3.49. The van der Waals surface area contributed by atoms with Crippen LogP contribution in [0.1, 0.15) is 37.8 Å². The number of ether oxygens (including phenoxy) is 3. The van der Waals surface area contributed by atoms with Crippen molar-refractivity contribution in [2.24, 2.45) is 5.41 Å². The van der Waals surface area contributed by atoms with Gasteiger partial charge in [-0.3, -0.25) is 9.69 Å². The number of nitrogens with zero attached hydrogens (tertiary/aromatic N) is 2. The van der Waals surface area contributed by atoms with Crippen molar-refractivity contribution in [3.63, 3.8) is 0 Å². The molecule has 9 nitrogen and oxygen atoms in total. The van der Waals surface area contributed by atoms with Crippen LogP contribution >= 0.6 is 0 Å². The van der Waals surface area contributed by atoms with Crippen LogP contribution in [0.5, 0.6) is 5.75 Å². The smallest absolute Gasteiger partial charge is 0.407 e. The number of carbonyl (C=O) groups excluding carboxylic acids is 2. The lowest BCUT2D eigenvalue weighted by Gasteiger charge is -2.64. The number of rotatable bonds is 7. The summed E-state index contributed by atoms with van der Waals surface area (Å²) in [4.78, 5) is 30.2. The standard InChI is InChI=1S/C32H39N3O6/c1-5-30-14-9-16-35-17-15-31(26(30)35)24-13-12-23(39-4)18-25(24)34(3)27(31)32(38,28(30)41-21(2)36)20-33-29(37)40-19-22-10-7-6-8-11-22/h6-14,18,26-28,38H,5,15-17,19-20H2,1-4H3,(H,33,37)/t26-,27+,28+,30+,31+,32?/m0/s1. The van der Waals surface area contributed by atoms with Crippen LogP contribution in [0.25, 0.3) is 0 Å². The van der Waals surface area contributed by atoms with Gasteiger partial charge in [-0.2, -0.15) is 0 Å². The fraction of sp³-hybridized carbons (Fsp3) is 0.500. The van der Waals surface area contributed by atoms with Gasteiger partial charge in [0, 0.05) is 49.1 Å². The molecule has 6 rings (SSSR count). The Morgan fingerprint density at radius 1 is 1.15 bits per heavy atom. The highest BCUT2D eigenvalue weighted by Gasteiger charge is 2.77. The molecule has 2 N–H and O–H groups in total. The van der Waals surface area contributed by atoms with Crippen molar-refractivity contribution >= 4 is 17.7 Å². The number of hydrogen-bond donors (Lipinski definition) is 2. The fourth-order valence-corrected chi connectivity index (χ4v) is 8.63. The summed E-state index contributed by atoms with van der Waals surface area (Å²) in [6, 6.07) is 15.1. The van der Waals surface area contributed by atoms with E-state index < -0.39 is 40.6 Å². The van der Waals surface area contributed by atoms with E-state index in [2.05, 4.69) is 40.3 Å². The fourth-order valence-electron chi connectivity index (χ4n) is 8.63. The molecule has 3 aliphatic heterocycles. The molecule has 3 heterocycles. The molecule has 2 fully saturated rings. The SMILES string of the molecule is CC[C@]12C=CCN3CC[C@@]4(c5ccc(OC)cc5N(C)[C@H]4C(O)(CNC(=O)OCc4ccccc4)[C@@H]1OC(C)=O)[C@@H]32. The van der Waals surface area contributed by atoms with E-state index >= 15 is 0 Å². The summed E-state index contributed by atoms with van der Waals surface area (Å²) < 4.78 is 17.2. The highest BCUT2D eigenvalue weighted by atomic mass is 16.6. The first-order valence-electron chi connectivity index (χ1n) is 14.4. The van der Waals surface area contributed by atoms with Gasteiger partial charge in [0.2, 0.25) is 0 Å². The van der Waals surface area contributed by atoms with Crippen LogP contribution in [-0.2, 0) is 26.3 Å². The third-order valence-corrected chi connectivity index (χ3v) is 9.95. The molecular formula is C32H39N3O6. The first-order chi connectivity index (χ1) is 19.7. The largest absolute Gasteiger partial charge is 0.497 e. The van der Waals surface area contributed by atoms with Crippen LogP contribution in [0, 0.1) is 5.41 Å². The number of amides is 1. The number of fused-ring (bicyclic) bond motifs is 1. The van der Waals surface area contributed by atoms with Crippen molar-refractivity contribution in [2.45, 2.75) is 62.5 Å². The van der Waals surface area contributed by atoms with Crippen LogP contribution in [-0.4, -0.2) is 79.6 Å². The van der Waals surface area contributed by atoms with Crippen molar-refractivity contribution in [3.8, 4) is 5.75 Å². The van der Waals surface area contributed by atoms with Gasteiger partial charge < -0.3 is 29.5 Å². The molecule has 1 spiro atoms. The van der Waals surface area contributed by atoms with Crippen LogP contribution < -0.4 is 15.0 Å². The Labute approximate surface area is 241 Å². The van der Waals surface area contributed by atoms with Crippen LogP contribution in [0.3, 0.4) is 0 Å². The van der Waals surface area contributed by atoms with Gasteiger partial charge in [0.25, 0.3) is 0 Å². The van der Waals surface area contributed by atoms with Crippen molar-refractivity contribution in [1.29, 1.82) is 0 Å². The van der Waals surface area contributed by atoms with Gasteiger partial charge in [0.1, 0.15) is 24.1 Å². The molecule has 2 aromatic carbocycles. The molecule has 0 radical (unpaired) electrons. The molecular weight excluding hydrogens is 522 g/mol. The number of nitrogens with one attached hydrogen (secondary N) is 1. The normalized spacial score (nSPS) is 33.0. The van der Waals surface area contributed by atoms with Gasteiger partial charge in [-0.25, -0.2) is 4.79 Å². The van der Waals surface area contributed by atoms with Gasteiger partial charge in [0.05, 0.1) is 19.7 Å². The second-order valence-electron chi connectivity index (χ2n) is 11.8. The molecule has 1 saturated heterocycles. The lowest BCUT2D eigenvalue weighted by molar-refractivity contribution is -0.217. The third-order valence-electron chi connectivity index (χ3n) is 9.95. The molecule has 6 atom stereocenters. The molecule has 218 valence electrons. The average molecular weight is 562 g/mol. The van der Waals surface area contributed by atoms with E-state index in [0.717, 1.165) is 42.1 Å². The molecule has 41 heavy (non-hydrogen) atoms. The Morgan fingerprint density at radius 3 is 2.63 bits per heavy atom. The summed E-state index contributed by atoms with van der Waals surface area (Å²) in [6.45, 7) is 5.07. The Morgan fingerprint density at radius 2 is 1.93 bits per heavy atom. The molecule has 1 saturated carbocycles. The van der Waals surface area contributed by atoms with E-state index in [1.807, 2.05) is 49.5 Å². The first kappa shape index (κ1) is 27.6. The van der Waals surface area contributed by atoms with Gasteiger partial charge in [-0.15, -0.1) is 0 Å². The summed E-state index contributed by atoms with van der Waals surface area (Å²) in [7, 11) is 3.62. The zero-order chi connectivity index (χ0) is 29.0. The van der Waals surface area contributed by atoms with E-state index in [-0.39, 0.29) is 19.2 Å². The second kappa shape index (κ2) is 10.1. The van der Waals surface area contributed by atoms with Crippen LogP contribution in [0.15, 0.2) is 60.7 Å². The predicted octanol–water partition coefficient (Wildman–Crippen LogP) is 3.39. The lowest BCUT2D eigenvalue weighted by atomic mass is 9.47. The lowest BCUT2D eigenvalue weighted by Crippen LogP contribution is -2.81. The quantitative estimate of drug-likeness (QED) is 0.392. The van der Waals surface area contributed by atoms with Gasteiger partial charge in [0.15, 0.2) is 0 Å². The minimum atomic E-state index is -1.65. The van der Waals surface area contributed by atoms with Gasteiger partial charge in [-0.1, -0.05) is 55.5 Å². The minimum Gasteiger partial charge on any atom is -0.497 e. The molecule has 1 amide bonds. The van der Waals surface area contributed by atoms with E-state index in [4.69, 9.17) is 14.2 Å². The maximum Gasteiger partial charge on any atom is 0.407 e. The highest BCUT2D eigenvalue weighted by Crippen LogP contribution is 2.67. The molecule has 4 aliphatic rings. The van der Waals surface area contributed by atoms with E-state index in [9.17, 15) is 14.7 Å². The number of anilines is 1. The Balaban J connectivity index is 1.45. The number of alkyl carbamates (subject to hydrolysis) is 1. The Hall–Kier alpha value is -3.56. The molecule has 0 bridgehead atoms. The Bertz CT molecular complexity index is 1370. The van der Waals surface area contributed by atoms with Crippen LogP contribution in [0.2, 0.25) is 0 Å². The zero-order valence-electron chi connectivity index (χ0n) is 24.1. The number of methoxy groups -OCH3 is 1. The van der Waals surface area contributed by atoms with E-state index in [1.54, 1.807) is 7.11 Å². The van der Waals surface area contributed by atoms with Crippen LogP contribution in [0.4, 0.5) is 10.5 Å². The monoisotopic (exact) mass is 561 g/mol. The molecule has 9 heteroatoms. The van der Waals surface area contributed by atoms with E-state index in [1.165, 1.54) is 6.92 Å². The number of likely N-dealkylation sites (N-methyl/N-ethyl adjacent to an activating group) is 1. The third kappa shape index (κ3) is 3.96. The van der Waals surface area contributed by atoms with Crippen molar-refractivity contribution in [3.05, 3.63) is 71.8 Å². The maximum atomic E-state index is 13.0.